The van der Waals surface area contributed by atoms with Gasteiger partial charge < -0.3 is 18.9 Å². The summed E-state index contributed by atoms with van der Waals surface area (Å²) in [6.45, 7) is 3.50. The van der Waals surface area contributed by atoms with Crippen LogP contribution < -0.4 is 0 Å². The van der Waals surface area contributed by atoms with Gasteiger partial charge in [0, 0.05) is 6.92 Å². The van der Waals surface area contributed by atoms with Crippen molar-refractivity contribution < 1.29 is 23.7 Å². The predicted molar refractivity (Wildman–Crippen MR) is 40.7 cm³/mol. The van der Waals surface area contributed by atoms with Crippen molar-refractivity contribution in [3.8, 4) is 0 Å². The van der Waals surface area contributed by atoms with Gasteiger partial charge in [-0.2, -0.15) is 0 Å². The van der Waals surface area contributed by atoms with E-state index in [1.54, 1.807) is 6.92 Å². The zero-order valence-electron chi connectivity index (χ0n) is 7.56. The molecule has 2 aliphatic rings. The van der Waals surface area contributed by atoms with E-state index in [0.29, 0.717) is 6.61 Å². The minimum absolute atomic E-state index is 0.265. The number of hydrogen-bond donors (Lipinski definition) is 0. The average Bonchev–Trinajstić information content (AvgIpc) is 2.51. The Hall–Kier alpha value is -0.650. The fraction of sp³-hybridized carbons (Fsp3) is 0.875. The summed E-state index contributed by atoms with van der Waals surface area (Å²) in [5, 5.41) is 0. The number of carbonyl (C=O) groups is 1. The van der Waals surface area contributed by atoms with Crippen molar-refractivity contribution in [2.75, 3.05) is 6.61 Å². The molecule has 0 bridgehead atoms. The van der Waals surface area contributed by atoms with E-state index in [0.717, 1.165) is 0 Å². The molecule has 5 heteroatoms. The van der Waals surface area contributed by atoms with Crippen LogP contribution in [0.1, 0.15) is 13.8 Å². The molecule has 13 heavy (non-hydrogen) atoms. The third-order valence-electron chi connectivity index (χ3n) is 2.05. The lowest BCUT2D eigenvalue weighted by Crippen LogP contribution is -2.31. The molecule has 2 heterocycles. The molecule has 0 N–H and O–H groups in total. The lowest BCUT2D eigenvalue weighted by molar-refractivity contribution is -0.160. The van der Waals surface area contributed by atoms with Gasteiger partial charge in [-0.25, -0.2) is 0 Å². The first-order valence-corrected chi connectivity index (χ1v) is 4.26. The van der Waals surface area contributed by atoms with Crippen molar-refractivity contribution in [1.82, 2.24) is 0 Å². The Morgan fingerprint density at radius 1 is 1.46 bits per heavy atom. The standard InChI is InChI=1S/C8H12O5/c1-4(9)11-6-3-10-8-7(6)12-5(2)13-8/h5-8H,3H2,1-2H3/t5-,6+,7+,8+/m0/s1. The number of hydrogen-bond acceptors (Lipinski definition) is 5. The van der Waals surface area contributed by atoms with Crippen LogP contribution in [0.3, 0.4) is 0 Å². The third kappa shape index (κ3) is 1.67. The molecule has 4 atom stereocenters. The Bertz CT molecular complexity index is 217. The van der Waals surface area contributed by atoms with Crippen LogP contribution in [0.25, 0.3) is 0 Å². The van der Waals surface area contributed by atoms with Gasteiger partial charge in [-0.15, -0.1) is 0 Å². The lowest BCUT2D eigenvalue weighted by Gasteiger charge is -2.14. The Balaban J connectivity index is 1.96. The van der Waals surface area contributed by atoms with Crippen LogP contribution in [0.4, 0.5) is 0 Å². The number of fused-ring (bicyclic) bond motifs is 1. The van der Waals surface area contributed by atoms with Crippen molar-refractivity contribution in [2.24, 2.45) is 0 Å². The molecule has 0 unspecified atom stereocenters. The second-order valence-electron chi connectivity index (χ2n) is 3.15. The Morgan fingerprint density at radius 3 is 2.92 bits per heavy atom. The van der Waals surface area contributed by atoms with Gasteiger partial charge in [-0.3, -0.25) is 4.79 Å². The largest absolute Gasteiger partial charge is 0.457 e. The van der Waals surface area contributed by atoms with E-state index in [-0.39, 0.29) is 30.8 Å². The van der Waals surface area contributed by atoms with Crippen molar-refractivity contribution in [2.45, 2.75) is 38.6 Å². The highest BCUT2D eigenvalue weighted by atomic mass is 16.8. The van der Waals surface area contributed by atoms with Crippen LogP contribution in [-0.4, -0.2) is 37.4 Å². The van der Waals surface area contributed by atoms with Crippen LogP contribution in [0.5, 0.6) is 0 Å². The SMILES string of the molecule is CC(=O)O[C@@H]1CO[C@@H]2O[C@@H](C)O[C@@H]21. The van der Waals surface area contributed by atoms with Crippen molar-refractivity contribution in [3.63, 3.8) is 0 Å². The monoisotopic (exact) mass is 188 g/mol. The second kappa shape index (κ2) is 3.25. The van der Waals surface area contributed by atoms with E-state index in [2.05, 4.69) is 0 Å². The number of ether oxygens (including phenoxy) is 4. The molecule has 0 aromatic rings. The molecule has 0 aromatic heterocycles. The predicted octanol–water partition coefficient (Wildman–Crippen LogP) is 0.0358. The number of esters is 1. The van der Waals surface area contributed by atoms with E-state index < -0.39 is 0 Å². The molecule has 0 aromatic carbocycles. The molecule has 0 radical (unpaired) electrons. The van der Waals surface area contributed by atoms with Crippen molar-refractivity contribution in [3.05, 3.63) is 0 Å². The van der Waals surface area contributed by atoms with Crippen molar-refractivity contribution in [1.29, 1.82) is 0 Å². The summed E-state index contributed by atoms with van der Waals surface area (Å²) in [5.74, 6) is -0.322. The maximum absolute atomic E-state index is 10.7. The van der Waals surface area contributed by atoms with Crippen LogP contribution in [0.15, 0.2) is 0 Å². The molecular weight excluding hydrogens is 176 g/mol. The highest BCUT2D eigenvalue weighted by molar-refractivity contribution is 5.66. The maximum Gasteiger partial charge on any atom is 0.303 e. The summed E-state index contributed by atoms with van der Waals surface area (Å²) >= 11 is 0. The van der Waals surface area contributed by atoms with Crippen LogP contribution in [-0.2, 0) is 23.7 Å². The summed E-state index contributed by atoms with van der Waals surface area (Å²) in [6.07, 6.45) is -1.25. The Morgan fingerprint density at radius 2 is 2.23 bits per heavy atom. The molecule has 0 spiro atoms. The number of carbonyl (C=O) groups excluding carboxylic acids is 1. The second-order valence-corrected chi connectivity index (χ2v) is 3.15. The zero-order valence-corrected chi connectivity index (χ0v) is 7.56. The molecule has 0 amide bonds. The van der Waals surface area contributed by atoms with Gasteiger partial charge in [0.05, 0.1) is 6.61 Å². The molecule has 2 rings (SSSR count). The summed E-state index contributed by atoms with van der Waals surface area (Å²) in [7, 11) is 0. The summed E-state index contributed by atoms with van der Waals surface area (Å²) in [5.41, 5.74) is 0. The third-order valence-corrected chi connectivity index (χ3v) is 2.05. The molecule has 2 fully saturated rings. The first-order chi connectivity index (χ1) is 6.16. The first-order valence-electron chi connectivity index (χ1n) is 4.26. The van der Waals surface area contributed by atoms with Gasteiger partial charge in [0.2, 0.25) is 0 Å². The van der Waals surface area contributed by atoms with E-state index in [4.69, 9.17) is 18.9 Å². The minimum Gasteiger partial charge on any atom is -0.457 e. The van der Waals surface area contributed by atoms with Gasteiger partial charge in [0.15, 0.2) is 24.8 Å². The highest BCUT2D eigenvalue weighted by Crippen LogP contribution is 2.29. The van der Waals surface area contributed by atoms with Gasteiger partial charge in [0.1, 0.15) is 0 Å². The highest BCUT2D eigenvalue weighted by Gasteiger charge is 2.47. The fourth-order valence-corrected chi connectivity index (χ4v) is 1.58. The minimum atomic E-state index is -0.376. The molecule has 2 aliphatic heterocycles. The average molecular weight is 188 g/mol. The lowest BCUT2D eigenvalue weighted by atomic mass is 10.2. The van der Waals surface area contributed by atoms with Gasteiger partial charge >= 0.3 is 5.97 Å². The van der Waals surface area contributed by atoms with Crippen molar-refractivity contribution >= 4 is 5.97 Å². The molecule has 74 valence electrons. The van der Waals surface area contributed by atoms with E-state index >= 15 is 0 Å². The van der Waals surface area contributed by atoms with E-state index in [1.807, 2.05) is 0 Å². The van der Waals surface area contributed by atoms with E-state index in [9.17, 15) is 4.79 Å². The molecule has 0 aliphatic carbocycles. The van der Waals surface area contributed by atoms with Gasteiger partial charge in [-0.05, 0) is 6.92 Å². The van der Waals surface area contributed by atoms with Crippen LogP contribution >= 0.6 is 0 Å². The Kier molecular flexibility index (Phi) is 2.23. The fourth-order valence-electron chi connectivity index (χ4n) is 1.58. The maximum atomic E-state index is 10.7. The Labute approximate surface area is 75.9 Å². The smallest absolute Gasteiger partial charge is 0.303 e. The van der Waals surface area contributed by atoms with E-state index in [1.165, 1.54) is 6.92 Å². The first kappa shape index (κ1) is 8.93. The quantitative estimate of drug-likeness (QED) is 0.543. The summed E-state index contributed by atoms with van der Waals surface area (Å²) < 4.78 is 20.9. The normalized spacial score (nSPS) is 43.2. The molecular formula is C8H12O5. The van der Waals surface area contributed by atoms with Gasteiger partial charge in [0.25, 0.3) is 0 Å². The zero-order chi connectivity index (χ0) is 9.42. The van der Waals surface area contributed by atoms with Gasteiger partial charge in [-0.1, -0.05) is 0 Å². The van der Waals surface area contributed by atoms with Crippen LogP contribution in [0, 0.1) is 0 Å². The summed E-state index contributed by atoms with van der Waals surface area (Å²) in [6, 6.07) is 0. The number of rotatable bonds is 1. The summed E-state index contributed by atoms with van der Waals surface area (Å²) in [4.78, 5) is 10.7. The molecule has 2 saturated heterocycles. The molecule has 5 nitrogen and oxygen atoms in total. The topological polar surface area (TPSA) is 54.0 Å². The van der Waals surface area contributed by atoms with Crippen LogP contribution in [0.2, 0.25) is 0 Å². The molecule has 0 saturated carbocycles.